The Balaban J connectivity index is 2.23. The molecule has 0 unspecified atom stereocenters. The predicted octanol–water partition coefficient (Wildman–Crippen LogP) is 3.96. The second-order valence-corrected chi connectivity index (χ2v) is 5.75. The Hall–Kier alpha value is -1.61. The third-order valence-electron chi connectivity index (χ3n) is 2.97. The van der Waals surface area contributed by atoms with Crippen molar-refractivity contribution in [3.8, 4) is 0 Å². The maximum atomic E-state index is 5.90. The van der Waals surface area contributed by atoms with Crippen LogP contribution in [-0.2, 0) is 12.8 Å². The van der Waals surface area contributed by atoms with Gasteiger partial charge in [0.05, 0.1) is 0 Å². The standard InChI is InChI=1S/C16H20ClN3/c1-11(2)8-14-10-15(18-3)20-16(19-14)9-12-4-6-13(17)7-5-12/h4-7,10-11H,8-9H2,1-3H3,(H,18,19,20). The van der Waals surface area contributed by atoms with Crippen LogP contribution in [0.15, 0.2) is 30.3 Å². The van der Waals surface area contributed by atoms with Gasteiger partial charge in [-0.1, -0.05) is 37.6 Å². The molecule has 106 valence electrons. The van der Waals surface area contributed by atoms with Crippen molar-refractivity contribution in [2.75, 3.05) is 12.4 Å². The molecule has 4 heteroatoms. The summed E-state index contributed by atoms with van der Waals surface area (Å²) >= 11 is 5.90. The summed E-state index contributed by atoms with van der Waals surface area (Å²) in [5, 5.41) is 3.85. The molecule has 0 aliphatic heterocycles. The Morgan fingerprint density at radius 2 is 1.85 bits per heavy atom. The van der Waals surface area contributed by atoms with E-state index in [1.54, 1.807) is 0 Å². The maximum Gasteiger partial charge on any atom is 0.135 e. The lowest BCUT2D eigenvalue weighted by Crippen LogP contribution is -2.06. The first-order chi connectivity index (χ1) is 9.56. The van der Waals surface area contributed by atoms with Gasteiger partial charge < -0.3 is 5.32 Å². The summed E-state index contributed by atoms with van der Waals surface area (Å²) in [6.45, 7) is 4.39. The van der Waals surface area contributed by atoms with E-state index in [-0.39, 0.29) is 0 Å². The average molecular weight is 290 g/mol. The summed E-state index contributed by atoms with van der Waals surface area (Å²) in [6.07, 6.45) is 1.68. The lowest BCUT2D eigenvalue weighted by Gasteiger charge is -2.09. The molecule has 1 heterocycles. The molecule has 1 N–H and O–H groups in total. The van der Waals surface area contributed by atoms with Gasteiger partial charge >= 0.3 is 0 Å². The molecule has 0 aliphatic rings. The van der Waals surface area contributed by atoms with Crippen molar-refractivity contribution in [2.24, 2.45) is 5.92 Å². The molecular formula is C16H20ClN3. The zero-order valence-corrected chi connectivity index (χ0v) is 12.9. The number of aromatic nitrogens is 2. The minimum atomic E-state index is 0.581. The molecule has 2 rings (SSSR count). The smallest absolute Gasteiger partial charge is 0.135 e. The van der Waals surface area contributed by atoms with Gasteiger partial charge in [-0.3, -0.25) is 0 Å². The monoisotopic (exact) mass is 289 g/mol. The molecule has 2 aromatic rings. The van der Waals surface area contributed by atoms with E-state index < -0.39 is 0 Å². The maximum absolute atomic E-state index is 5.90. The summed E-state index contributed by atoms with van der Waals surface area (Å²) in [4.78, 5) is 9.18. The lowest BCUT2D eigenvalue weighted by atomic mass is 10.1. The highest BCUT2D eigenvalue weighted by Gasteiger charge is 2.07. The van der Waals surface area contributed by atoms with Gasteiger partial charge in [0, 0.05) is 30.3 Å². The quantitative estimate of drug-likeness (QED) is 0.905. The van der Waals surface area contributed by atoms with Crippen molar-refractivity contribution in [3.05, 3.63) is 52.4 Å². The Labute approximate surface area is 125 Å². The molecule has 0 aliphatic carbocycles. The van der Waals surface area contributed by atoms with E-state index in [1.807, 2.05) is 37.4 Å². The van der Waals surface area contributed by atoms with Crippen LogP contribution in [0.3, 0.4) is 0 Å². The Kier molecular flexibility index (Phi) is 4.96. The number of hydrogen-bond donors (Lipinski definition) is 1. The van der Waals surface area contributed by atoms with Crippen molar-refractivity contribution in [1.29, 1.82) is 0 Å². The first-order valence-corrected chi connectivity index (χ1v) is 7.23. The summed E-state index contributed by atoms with van der Waals surface area (Å²) in [5.74, 6) is 2.30. The highest BCUT2D eigenvalue weighted by Crippen LogP contribution is 2.15. The number of nitrogens with one attached hydrogen (secondary N) is 1. The molecule has 1 aromatic heterocycles. The minimum absolute atomic E-state index is 0.581. The van der Waals surface area contributed by atoms with Crippen molar-refractivity contribution < 1.29 is 0 Å². The van der Waals surface area contributed by atoms with Gasteiger partial charge in [-0.2, -0.15) is 0 Å². The lowest BCUT2D eigenvalue weighted by molar-refractivity contribution is 0.631. The second kappa shape index (κ2) is 6.71. The second-order valence-electron chi connectivity index (χ2n) is 5.31. The SMILES string of the molecule is CNc1cc(CC(C)C)nc(Cc2ccc(Cl)cc2)n1. The fourth-order valence-electron chi connectivity index (χ4n) is 2.07. The van der Waals surface area contributed by atoms with Crippen molar-refractivity contribution in [3.63, 3.8) is 0 Å². The van der Waals surface area contributed by atoms with Crippen molar-refractivity contribution in [1.82, 2.24) is 9.97 Å². The van der Waals surface area contributed by atoms with Gasteiger partial charge in [-0.25, -0.2) is 9.97 Å². The van der Waals surface area contributed by atoms with Gasteiger partial charge in [-0.15, -0.1) is 0 Å². The molecule has 0 atom stereocenters. The third-order valence-corrected chi connectivity index (χ3v) is 3.23. The van der Waals surface area contributed by atoms with Crippen LogP contribution < -0.4 is 5.32 Å². The van der Waals surface area contributed by atoms with E-state index in [2.05, 4.69) is 29.1 Å². The van der Waals surface area contributed by atoms with Gasteiger partial charge in [-0.05, 0) is 30.0 Å². The summed E-state index contributed by atoms with van der Waals surface area (Å²) in [5.41, 5.74) is 2.25. The van der Waals surface area contributed by atoms with Crippen LogP contribution in [-0.4, -0.2) is 17.0 Å². The van der Waals surface area contributed by atoms with Gasteiger partial charge in [0.2, 0.25) is 0 Å². The highest BCUT2D eigenvalue weighted by atomic mass is 35.5. The average Bonchev–Trinajstić information content (AvgIpc) is 2.40. The minimum Gasteiger partial charge on any atom is -0.373 e. The van der Waals surface area contributed by atoms with Crippen LogP contribution >= 0.6 is 11.6 Å². The first kappa shape index (κ1) is 14.8. The molecule has 0 bridgehead atoms. The normalized spacial score (nSPS) is 10.8. The molecule has 0 spiro atoms. The number of benzene rings is 1. The fourth-order valence-corrected chi connectivity index (χ4v) is 2.19. The predicted molar refractivity (Wildman–Crippen MR) is 84.4 cm³/mol. The van der Waals surface area contributed by atoms with Crippen LogP contribution in [0.1, 0.15) is 30.9 Å². The van der Waals surface area contributed by atoms with Crippen LogP contribution in [0.5, 0.6) is 0 Å². The number of halogens is 1. The van der Waals surface area contributed by atoms with Crippen LogP contribution in [0.4, 0.5) is 5.82 Å². The van der Waals surface area contributed by atoms with Gasteiger partial charge in [0.25, 0.3) is 0 Å². The Morgan fingerprint density at radius 3 is 2.45 bits per heavy atom. The van der Waals surface area contributed by atoms with E-state index in [1.165, 1.54) is 0 Å². The van der Waals surface area contributed by atoms with E-state index in [9.17, 15) is 0 Å². The molecule has 20 heavy (non-hydrogen) atoms. The zero-order chi connectivity index (χ0) is 14.5. The third kappa shape index (κ3) is 4.20. The van der Waals surface area contributed by atoms with Gasteiger partial charge in [0.15, 0.2) is 0 Å². The molecular weight excluding hydrogens is 270 g/mol. The largest absolute Gasteiger partial charge is 0.373 e. The fraction of sp³-hybridized carbons (Fsp3) is 0.375. The Bertz CT molecular complexity index is 564. The zero-order valence-electron chi connectivity index (χ0n) is 12.2. The molecule has 0 radical (unpaired) electrons. The van der Waals surface area contributed by atoms with E-state index >= 15 is 0 Å². The van der Waals surface area contributed by atoms with Gasteiger partial charge in [0.1, 0.15) is 11.6 Å². The van der Waals surface area contributed by atoms with Crippen LogP contribution in [0.25, 0.3) is 0 Å². The molecule has 0 fully saturated rings. The number of nitrogens with zero attached hydrogens (tertiary/aromatic N) is 2. The summed E-state index contributed by atoms with van der Waals surface area (Å²) in [7, 11) is 1.88. The van der Waals surface area contributed by atoms with Crippen molar-refractivity contribution in [2.45, 2.75) is 26.7 Å². The summed E-state index contributed by atoms with van der Waals surface area (Å²) in [6, 6.07) is 9.84. The molecule has 1 aromatic carbocycles. The summed E-state index contributed by atoms with van der Waals surface area (Å²) < 4.78 is 0. The molecule has 3 nitrogen and oxygen atoms in total. The molecule has 0 saturated carbocycles. The van der Waals surface area contributed by atoms with E-state index in [0.29, 0.717) is 5.92 Å². The topological polar surface area (TPSA) is 37.8 Å². The first-order valence-electron chi connectivity index (χ1n) is 6.86. The number of hydrogen-bond acceptors (Lipinski definition) is 3. The van der Waals surface area contributed by atoms with Crippen LogP contribution in [0, 0.1) is 5.92 Å². The Morgan fingerprint density at radius 1 is 1.15 bits per heavy atom. The van der Waals surface area contributed by atoms with Crippen molar-refractivity contribution >= 4 is 17.4 Å². The van der Waals surface area contributed by atoms with Crippen LogP contribution in [0.2, 0.25) is 5.02 Å². The molecule has 0 amide bonds. The van der Waals surface area contributed by atoms with E-state index in [0.717, 1.165) is 40.8 Å². The number of anilines is 1. The van der Waals surface area contributed by atoms with E-state index in [4.69, 9.17) is 11.6 Å². The highest BCUT2D eigenvalue weighted by molar-refractivity contribution is 6.30. The number of rotatable bonds is 5. The molecule has 0 saturated heterocycles.